The van der Waals surface area contributed by atoms with Crippen LogP contribution in [0.15, 0.2) is 0 Å². The molecule has 2 unspecified atom stereocenters. The lowest BCUT2D eigenvalue weighted by molar-refractivity contribution is -0.331. The van der Waals surface area contributed by atoms with E-state index in [2.05, 4.69) is 0 Å². The van der Waals surface area contributed by atoms with Gasteiger partial charge < -0.3 is 40.1 Å². The maximum absolute atomic E-state index is 9.92. The summed E-state index contributed by atoms with van der Waals surface area (Å²) in [5.41, 5.74) is -1.92. The van der Waals surface area contributed by atoms with Gasteiger partial charge in [0.05, 0.1) is 19.8 Å². The maximum atomic E-state index is 9.92. The molecule has 0 amide bonds. The lowest BCUT2D eigenvalue weighted by Gasteiger charge is -2.45. The summed E-state index contributed by atoms with van der Waals surface area (Å²) >= 11 is 0. The van der Waals surface area contributed by atoms with Crippen molar-refractivity contribution in [1.82, 2.24) is 0 Å². The van der Waals surface area contributed by atoms with Crippen LogP contribution in [0.5, 0.6) is 0 Å². The van der Waals surface area contributed by atoms with Crippen molar-refractivity contribution in [2.75, 3.05) is 19.8 Å². The van der Waals surface area contributed by atoms with Crippen molar-refractivity contribution in [1.29, 1.82) is 0 Å². The second-order valence-electron chi connectivity index (χ2n) is 4.51. The fourth-order valence-electron chi connectivity index (χ4n) is 1.68. The molecule has 8 nitrogen and oxygen atoms in total. The minimum Gasteiger partial charge on any atom is -0.394 e. The lowest BCUT2D eigenvalue weighted by atomic mass is 9.86. The highest BCUT2D eigenvalue weighted by molar-refractivity contribution is 4.98. The molecule has 1 heterocycles. The molecule has 0 radical (unpaired) electrons. The van der Waals surface area contributed by atoms with Gasteiger partial charge in [-0.05, 0) is 6.92 Å². The zero-order valence-corrected chi connectivity index (χ0v) is 10.0. The van der Waals surface area contributed by atoms with Crippen molar-refractivity contribution >= 4 is 0 Å². The van der Waals surface area contributed by atoms with Crippen LogP contribution in [0.1, 0.15) is 6.92 Å². The predicted octanol–water partition coefficient (Wildman–Crippen LogP) is -3.45. The SMILES string of the molecule is C[C@]1(O)[C@H](O)[C@@H](CO)OC(OCC(O)CO)[C@@H]1O. The van der Waals surface area contributed by atoms with Crippen molar-refractivity contribution in [3.8, 4) is 0 Å². The maximum Gasteiger partial charge on any atom is 0.187 e. The summed E-state index contributed by atoms with van der Waals surface area (Å²) in [6.07, 6.45) is -6.60. The summed E-state index contributed by atoms with van der Waals surface area (Å²) in [5, 5.41) is 56.1. The monoisotopic (exact) mass is 268 g/mol. The first-order valence-electron chi connectivity index (χ1n) is 5.60. The Bertz CT molecular complexity index is 258. The van der Waals surface area contributed by atoms with Crippen LogP contribution >= 0.6 is 0 Å². The normalized spacial score (nSPS) is 42.8. The van der Waals surface area contributed by atoms with Crippen LogP contribution in [-0.4, -0.2) is 86.8 Å². The topological polar surface area (TPSA) is 140 Å². The minimum atomic E-state index is -1.92. The highest BCUT2D eigenvalue weighted by atomic mass is 16.7. The molecular weight excluding hydrogens is 248 g/mol. The van der Waals surface area contributed by atoms with Crippen molar-refractivity contribution < 1.29 is 40.1 Å². The van der Waals surface area contributed by atoms with E-state index < -0.39 is 49.5 Å². The lowest BCUT2D eigenvalue weighted by Crippen LogP contribution is -2.66. The molecule has 0 spiro atoms. The molecule has 0 saturated carbocycles. The summed E-state index contributed by atoms with van der Waals surface area (Å²) in [5.74, 6) is 0. The fraction of sp³-hybridized carbons (Fsp3) is 1.00. The molecule has 1 rings (SSSR count). The standard InChI is InChI=1S/C10H20O8/c1-10(16)7(14)6(3-12)18-9(8(10)15)17-4-5(13)2-11/h5-9,11-16H,2-4H2,1H3/t5?,6-,7-,8+,9?,10+/m1/s1. The average molecular weight is 268 g/mol. The highest BCUT2D eigenvalue weighted by Crippen LogP contribution is 2.30. The zero-order valence-electron chi connectivity index (χ0n) is 10.0. The van der Waals surface area contributed by atoms with Crippen LogP contribution in [0.25, 0.3) is 0 Å². The first kappa shape index (κ1) is 15.7. The Morgan fingerprint density at radius 3 is 2.39 bits per heavy atom. The van der Waals surface area contributed by atoms with Crippen LogP contribution in [0.4, 0.5) is 0 Å². The van der Waals surface area contributed by atoms with Gasteiger partial charge in [0.2, 0.25) is 0 Å². The average Bonchev–Trinajstić information content (AvgIpc) is 2.35. The van der Waals surface area contributed by atoms with E-state index in [1.54, 1.807) is 0 Å². The Morgan fingerprint density at radius 1 is 1.28 bits per heavy atom. The smallest absolute Gasteiger partial charge is 0.187 e. The first-order valence-corrected chi connectivity index (χ1v) is 5.60. The van der Waals surface area contributed by atoms with Crippen molar-refractivity contribution in [3.05, 3.63) is 0 Å². The molecule has 1 aliphatic rings. The molecule has 18 heavy (non-hydrogen) atoms. The van der Waals surface area contributed by atoms with Crippen molar-refractivity contribution in [2.24, 2.45) is 0 Å². The number of aliphatic hydroxyl groups is 6. The molecule has 108 valence electrons. The summed E-state index contributed by atoms with van der Waals surface area (Å²) in [4.78, 5) is 0. The molecule has 0 bridgehead atoms. The predicted molar refractivity (Wildman–Crippen MR) is 57.4 cm³/mol. The van der Waals surface area contributed by atoms with E-state index in [1.807, 2.05) is 0 Å². The summed E-state index contributed by atoms with van der Waals surface area (Å²) in [6.45, 7) is -0.216. The summed E-state index contributed by atoms with van der Waals surface area (Å²) < 4.78 is 10.1. The molecule has 1 aliphatic heterocycles. The Labute approximate surface area is 104 Å². The molecule has 1 saturated heterocycles. The number of hydrogen-bond acceptors (Lipinski definition) is 8. The van der Waals surface area contributed by atoms with Crippen molar-refractivity contribution in [2.45, 2.75) is 43.2 Å². The van der Waals surface area contributed by atoms with Gasteiger partial charge in [-0.2, -0.15) is 0 Å². The number of hydrogen-bond donors (Lipinski definition) is 6. The zero-order chi connectivity index (χ0) is 13.9. The van der Waals surface area contributed by atoms with Gasteiger partial charge in [-0.25, -0.2) is 0 Å². The van der Waals surface area contributed by atoms with Crippen molar-refractivity contribution in [3.63, 3.8) is 0 Å². The van der Waals surface area contributed by atoms with Crippen LogP contribution in [-0.2, 0) is 9.47 Å². The Balaban J connectivity index is 2.68. The van der Waals surface area contributed by atoms with Gasteiger partial charge in [0.25, 0.3) is 0 Å². The van der Waals surface area contributed by atoms with E-state index in [0.29, 0.717) is 0 Å². The molecule has 0 aromatic rings. The molecule has 1 fully saturated rings. The quantitative estimate of drug-likeness (QED) is 0.302. The molecule has 6 N–H and O–H groups in total. The van der Waals surface area contributed by atoms with Crippen LogP contribution in [0.2, 0.25) is 0 Å². The molecular formula is C10H20O8. The summed E-state index contributed by atoms with van der Waals surface area (Å²) in [6, 6.07) is 0. The van der Waals surface area contributed by atoms with E-state index in [4.69, 9.17) is 24.8 Å². The third kappa shape index (κ3) is 3.16. The first-order chi connectivity index (χ1) is 8.34. The molecule has 0 aromatic heterocycles. The van der Waals surface area contributed by atoms with Gasteiger partial charge in [0.1, 0.15) is 30.0 Å². The summed E-state index contributed by atoms with van der Waals surface area (Å²) in [7, 11) is 0. The van der Waals surface area contributed by atoms with E-state index in [0.717, 1.165) is 0 Å². The van der Waals surface area contributed by atoms with Crippen LogP contribution < -0.4 is 0 Å². The van der Waals surface area contributed by atoms with Gasteiger partial charge >= 0.3 is 0 Å². The van der Waals surface area contributed by atoms with E-state index in [9.17, 15) is 15.3 Å². The van der Waals surface area contributed by atoms with Crippen LogP contribution in [0.3, 0.4) is 0 Å². The highest BCUT2D eigenvalue weighted by Gasteiger charge is 2.52. The van der Waals surface area contributed by atoms with Gasteiger partial charge in [0.15, 0.2) is 6.29 Å². The Kier molecular flexibility index (Phi) is 5.44. The van der Waals surface area contributed by atoms with Gasteiger partial charge in [0, 0.05) is 0 Å². The molecule has 6 atom stereocenters. The molecule has 0 aliphatic carbocycles. The third-order valence-electron chi connectivity index (χ3n) is 2.96. The molecule has 0 aromatic carbocycles. The van der Waals surface area contributed by atoms with Gasteiger partial charge in [-0.15, -0.1) is 0 Å². The molecule has 8 heteroatoms. The fourth-order valence-corrected chi connectivity index (χ4v) is 1.68. The number of aliphatic hydroxyl groups excluding tert-OH is 5. The number of rotatable bonds is 5. The number of ether oxygens (including phenoxy) is 2. The Hall–Kier alpha value is -0.320. The van der Waals surface area contributed by atoms with Gasteiger partial charge in [-0.3, -0.25) is 0 Å². The Morgan fingerprint density at radius 2 is 1.89 bits per heavy atom. The largest absolute Gasteiger partial charge is 0.394 e. The second kappa shape index (κ2) is 6.22. The van der Waals surface area contributed by atoms with Crippen LogP contribution in [0, 0.1) is 0 Å². The van der Waals surface area contributed by atoms with E-state index in [1.165, 1.54) is 6.92 Å². The third-order valence-corrected chi connectivity index (χ3v) is 2.96. The van der Waals surface area contributed by atoms with Gasteiger partial charge in [-0.1, -0.05) is 0 Å². The minimum absolute atomic E-state index is 0.317. The van der Waals surface area contributed by atoms with E-state index >= 15 is 0 Å². The van der Waals surface area contributed by atoms with E-state index in [-0.39, 0.29) is 6.61 Å². The second-order valence-corrected chi connectivity index (χ2v) is 4.51.